The molecule has 0 fully saturated rings. The number of hydrogen-bond donors (Lipinski definition) is 2. The molecule has 92 valence electrons. The van der Waals surface area contributed by atoms with E-state index in [4.69, 9.17) is 4.74 Å². The lowest BCUT2D eigenvalue weighted by Crippen LogP contribution is -2.50. The van der Waals surface area contributed by atoms with Crippen LogP contribution in [0.3, 0.4) is 0 Å². The number of nitrogens with zero attached hydrogens (tertiary/aromatic N) is 1. The van der Waals surface area contributed by atoms with Gasteiger partial charge in [0.15, 0.2) is 0 Å². The van der Waals surface area contributed by atoms with Crippen LogP contribution in [0.1, 0.15) is 34.6 Å². The fourth-order valence-electron chi connectivity index (χ4n) is 1.48. The average molecular weight is 227 g/mol. The summed E-state index contributed by atoms with van der Waals surface area (Å²) in [6, 6.07) is 0.273. The summed E-state index contributed by atoms with van der Waals surface area (Å²) in [5.74, 6) is 0.310. The number of carbonyl (C=O) groups is 1. The summed E-state index contributed by atoms with van der Waals surface area (Å²) >= 11 is 0. The number of ether oxygens (including phenoxy) is 1. The number of alkyl carbamates (subject to hydrolysis) is 1. The highest BCUT2D eigenvalue weighted by Crippen LogP contribution is 2.11. The van der Waals surface area contributed by atoms with Crippen molar-refractivity contribution in [2.75, 3.05) is 6.54 Å². The Balaban J connectivity index is 2.24. The van der Waals surface area contributed by atoms with E-state index in [1.807, 2.05) is 27.7 Å². The minimum atomic E-state index is -0.445. The highest BCUT2D eigenvalue weighted by atomic mass is 16.6. The van der Waals surface area contributed by atoms with Crippen molar-refractivity contribution in [1.82, 2.24) is 10.7 Å². The molecule has 0 spiro atoms. The van der Waals surface area contributed by atoms with E-state index in [1.54, 1.807) is 0 Å². The summed E-state index contributed by atoms with van der Waals surface area (Å²) in [6.45, 7) is 10.2. The molecule has 0 saturated carbocycles. The van der Waals surface area contributed by atoms with E-state index in [-0.39, 0.29) is 12.1 Å². The van der Waals surface area contributed by atoms with Crippen LogP contribution in [0.5, 0.6) is 0 Å². The summed E-state index contributed by atoms with van der Waals surface area (Å²) in [5.41, 5.74) is 3.60. The molecule has 2 N–H and O–H groups in total. The van der Waals surface area contributed by atoms with Crippen LogP contribution in [0, 0.1) is 5.92 Å². The smallest absolute Gasteiger partial charge is 0.407 e. The Labute approximate surface area is 96.6 Å². The van der Waals surface area contributed by atoms with E-state index < -0.39 is 5.60 Å². The average Bonchev–Trinajstić information content (AvgIpc) is 2.09. The van der Waals surface area contributed by atoms with Crippen LogP contribution in [0.4, 0.5) is 4.79 Å². The van der Waals surface area contributed by atoms with Gasteiger partial charge in [-0.05, 0) is 27.7 Å². The highest BCUT2D eigenvalue weighted by molar-refractivity contribution is 5.90. The summed E-state index contributed by atoms with van der Waals surface area (Å²) < 4.78 is 5.15. The topological polar surface area (TPSA) is 62.7 Å². The Morgan fingerprint density at radius 1 is 1.62 bits per heavy atom. The predicted octanol–water partition coefficient (Wildman–Crippen LogP) is 1.49. The molecule has 1 unspecified atom stereocenters. The van der Waals surface area contributed by atoms with Crippen molar-refractivity contribution in [3.63, 3.8) is 0 Å². The second kappa shape index (κ2) is 4.72. The number of amides is 1. The van der Waals surface area contributed by atoms with Crippen molar-refractivity contribution in [2.24, 2.45) is 11.0 Å². The summed E-state index contributed by atoms with van der Waals surface area (Å²) in [5, 5.41) is 6.73. The summed E-state index contributed by atoms with van der Waals surface area (Å²) in [6.07, 6.45) is -0.367. The zero-order chi connectivity index (χ0) is 12.3. The maximum absolute atomic E-state index is 11.4. The van der Waals surface area contributed by atoms with E-state index in [9.17, 15) is 4.79 Å². The summed E-state index contributed by atoms with van der Waals surface area (Å²) in [7, 11) is 0. The zero-order valence-corrected chi connectivity index (χ0v) is 10.6. The second-order valence-electron chi connectivity index (χ2n) is 5.22. The van der Waals surface area contributed by atoms with Gasteiger partial charge < -0.3 is 15.5 Å². The van der Waals surface area contributed by atoms with Crippen LogP contribution in [-0.2, 0) is 4.74 Å². The van der Waals surface area contributed by atoms with Crippen LogP contribution >= 0.6 is 0 Å². The van der Waals surface area contributed by atoms with Gasteiger partial charge in [0.25, 0.3) is 0 Å². The van der Waals surface area contributed by atoms with Crippen molar-refractivity contribution >= 4 is 11.8 Å². The van der Waals surface area contributed by atoms with E-state index in [2.05, 4.69) is 22.8 Å². The van der Waals surface area contributed by atoms with E-state index in [0.29, 0.717) is 12.5 Å². The molecule has 5 heteroatoms. The van der Waals surface area contributed by atoms with Crippen LogP contribution in [0.15, 0.2) is 5.10 Å². The molecule has 0 aliphatic carbocycles. The fourth-order valence-corrected chi connectivity index (χ4v) is 1.48. The monoisotopic (exact) mass is 227 g/mol. The van der Waals surface area contributed by atoms with Gasteiger partial charge in [-0.25, -0.2) is 4.79 Å². The van der Waals surface area contributed by atoms with Crippen molar-refractivity contribution < 1.29 is 9.53 Å². The number of rotatable bonds is 3. The SMILES string of the molecule is CC1=NNC1[C@H](C)CNC(=O)OC(C)(C)C. The maximum Gasteiger partial charge on any atom is 0.407 e. The molecule has 1 rings (SSSR count). The molecule has 1 aliphatic heterocycles. The third-order valence-corrected chi connectivity index (χ3v) is 2.37. The number of hydrazone groups is 1. The first kappa shape index (κ1) is 12.8. The molecule has 16 heavy (non-hydrogen) atoms. The lowest BCUT2D eigenvalue weighted by Gasteiger charge is -2.30. The molecule has 0 aromatic heterocycles. The maximum atomic E-state index is 11.4. The van der Waals surface area contributed by atoms with Crippen LogP contribution < -0.4 is 10.7 Å². The molecular formula is C11H21N3O2. The van der Waals surface area contributed by atoms with Gasteiger partial charge in [-0.15, -0.1) is 0 Å². The van der Waals surface area contributed by atoms with Crippen LogP contribution in [0.25, 0.3) is 0 Å². The van der Waals surface area contributed by atoms with Crippen molar-refractivity contribution in [3.05, 3.63) is 0 Å². The van der Waals surface area contributed by atoms with Crippen molar-refractivity contribution in [3.8, 4) is 0 Å². The van der Waals surface area contributed by atoms with Crippen LogP contribution in [-0.4, -0.2) is 30.0 Å². The molecule has 5 nitrogen and oxygen atoms in total. The minimum Gasteiger partial charge on any atom is -0.444 e. The third kappa shape index (κ3) is 3.72. The molecule has 1 heterocycles. The number of hydrogen-bond acceptors (Lipinski definition) is 4. The third-order valence-electron chi connectivity index (χ3n) is 2.37. The van der Waals surface area contributed by atoms with Crippen molar-refractivity contribution in [2.45, 2.75) is 46.3 Å². The Morgan fingerprint density at radius 2 is 2.25 bits per heavy atom. The Kier molecular flexibility index (Phi) is 3.78. The molecule has 1 aliphatic rings. The van der Waals surface area contributed by atoms with E-state index >= 15 is 0 Å². The molecule has 0 aromatic carbocycles. The predicted molar refractivity (Wildman–Crippen MR) is 63.4 cm³/mol. The van der Waals surface area contributed by atoms with Gasteiger partial charge >= 0.3 is 6.09 Å². The Hall–Kier alpha value is -1.26. The molecular weight excluding hydrogens is 206 g/mol. The number of nitrogens with one attached hydrogen (secondary N) is 2. The zero-order valence-electron chi connectivity index (χ0n) is 10.6. The first-order valence-corrected chi connectivity index (χ1v) is 5.56. The molecule has 0 bridgehead atoms. The van der Waals surface area contributed by atoms with Gasteiger partial charge in [0.1, 0.15) is 5.60 Å². The Morgan fingerprint density at radius 3 is 2.62 bits per heavy atom. The minimum absolute atomic E-state index is 0.273. The van der Waals surface area contributed by atoms with Gasteiger partial charge in [-0.3, -0.25) is 0 Å². The Bertz CT molecular complexity index is 294. The lowest BCUT2D eigenvalue weighted by molar-refractivity contribution is 0.0518. The molecule has 0 aromatic rings. The van der Waals surface area contributed by atoms with Gasteiger partial charge in [-0.1, -0.05) is 6.92 Å². The van der Waals surface area contributed by atoms with Gasteiger partial charge in [0, 0.05) is 12.5 Å². The van der Waals surface area contributed by atoms with Gasteiger partial charge in [0.05, 0.1) is 11.8 Å². The van der Waals surface area contributed by atoms with Gasteiger partial charge in [0.2, 0.25) is 0 Å². The second-order valence-corrected chi connectivity index (χ2v) is 5.22. The first-order valence-electron chi connectivity index (χ1n) is 5.56. The van der Waals surface area contributed by atoms with Crippen LogP contribution in [0.2, 0.25) is 0 Å². The number of carbonyl (C=O) groups excluding carboxylic acids is 1. The van der Waals surface area contributed by atoms with E-state index in [0.717, 1.165) is 5.71 Å². The molecule has 0 saturated heterocycles. The molecule has 2 atom stereocenters. The summed E-state index contributed by atoms with van der Waals surface area (Å²) in [4.78, 5) is 11.4. The highest BCUT2D eigenvalue weighted by Gasteiger charge is 2.26. The quantitative estimate of drug-likeness (QED) is 0.768. The fraction of sp³-hybridized carbons (Fsp3) is 0.818. The lowest BCUT2D eigenvalue weighted by atomic mass is 9.97. The first-order chi connectivity index (χ1) is 7.29. The van der Waals surface area contributed by atoms with Crippen molar-refractivity contribution in [1.29, 1.82) is 0 Å². The molecule has 1 amide bonds. The standard InChI is InChI=1S/C11H21N3O2/c1-7(9-8(2)13-14-9)6-12-10(15)16-11(3,4)5/h7,9,14H,6H2,1-5H3,(H,12,15)/t7-,9?/m1/s1. The van der Waals surface area contributed by atoms with E-state index in [1.165, 1.54) is 0 Å². The largest absolute Gasteiger partial charge is 0.444 e. The van der Waals surface area contributed by atoms with Gasteiger partial charge in [-0.2, -0.15) is 5.10 Å². The molecule has 0 radical (unpaired) electrons. The normalized spacial score (nSPS) is 21.3.